The lowest BCUT2D eigenvalue weighted by molar-refractivity contribution is 0.339. The van der Waals surface area contributed by atoms with Crippen LogP contribution >= 0.6 is 0 Å². The van der Waals surface area contributed by atoms with E-state index in [-0.39, 0.29) is 6.04 Å². The predicted molar refractivity (Wildman–Crippen MR) is 62.7 cm³/mol. The molecule has 15 heavy (non-hydrogen) atoms. The van der Waals surface area contributed by atoms with Gasteiger partial charge in [-0.3, -0.25) is 4.98 Å². The molecule has 0 saturated heterocycles. The second-order valence-electron chi connectivity index (χ2n) is 3.50. The van der Waals surface area contributed by atoms with Gasteiger partial charge in [-0.1, -0.05) is 12.2 Å². The van der Waals surface area contributed by atoms with Crippen LogP contribution in [0.3, 0.4) is 0 Å². The topological polar surface area (TPSA) is 48.1 Å². The third-order valence-corrected chi connectivity index (χ3v) is 1.86. The van der Waals surface area contributed by atoms with Gasteiger partial charge < -0.3 is 10.5 Å². The number of ether oxygens (including phenoxy) is 1. The normalized spacial score (nSPS) is 13.0. The van der Waals surface area contributed by atoms with Crippen LogP contribution < -0.4 is 10.5 Å². The predicted octanol–water partition coefficient (Wildman–Crippen LogP) is 2.23. The fraction of sp³-hybridized carbons (Fsp3) is 0.417. The Morgan fingerprint density at radius 1 is 1.53 bits per heavy atom. The molecular weight excluding hydrogens is 188 g/mol. The molecule has 3 nitrogen and oxygen atoms in total. The van der Waals surface area contributed by atoms with Crippen molar-refractivity contribution in [1.82, 2.24) is 4.98 Å². The molecule has 2 N–H and O–H groups in total. The zero-order valence-electron chi connectivity index (χ0n) is 9.31. The Kier molecular flexibility index (Phi) is 4.84. The SMILES string of the molecule is CCOc1cncc(/C=C/C[C@H](C)N)c1. The van der Waals surface area contributed by atoms with Crippen molar-refractivity contribution in [3.63, 3.8) is 0 Å². The van der Waals surface area contributed by atoms with Gasteiger partial charge in [-0.2, -0.15) is 0 Å². The first-order valence-electron chi connectivity index (χ1n) is 5.22. The van der Waals surface area contributed by atoms with Gasteiger partial charge in [-0.05, 0) is 31.9 Å². The Labute approximate surface area is 91.0 Å². The third kappa shape index (κ3) is 4.61. The first kappa shape index (κ1) is 11.7. The lowest BCUT2D eigenvalue weighted by Gasteiger charge is -2.02. The molecule has 0 saturated carbocycles. The van der Waals surface area contributed by atoms with Gasteiger partial charge in [-0.15, -0.1) is 0 Å². The van der Waals surface area contributed by atoms with Crippen LogP contribution in [-0.2, 0) is 0 Å². The number of aromatic nitrogens is 1. The fourth-order valence-corrected chi connectivity index (χ4v) is 1.19. The van der Waals surface area contributed by atoms with Crippen LogP contribution in [0.5, 0.6) is 5.75 Å². The molecule has 0 amide bonds. The minimum absolute atomic E-state index is 0.198. The van der Waals surface area contributed by atoms with E-state index in [1.807, 2.05) is 26.0 Å². The average Bonchev–Trinajstić information content (AvgIpc) is 2.18. The maximum Gasteiger partial charge on any atom is 0.138 e. The molecular formula is C12H18N2O. The molecule has 0 aliphatic carbocycles. The molecule has 0 aromatic carbocycles. The molecule has 0 aliphatic rings. The van der Waals surface area contributed by atoms with Gasteiger partial charge in [0.2, 0.25) is 0 Å². The number of hydrogen-bond acceptors (Lipinski definition) is 3. The van der Waals surface area contributed by atoms with E-state index in [1.54, 1.807) is 12.4 Å². The van der Waals surface area contributed by atoms with Crippen molar-refractivity contribution < 1.29 is 4.74 Å². The van der Waals surface area contributed by atoms with E-state index in [2.05, 4.69) is 11.1 Å². The zero-order chi connectivity index (χ0) is 11.1. The van der Waals surface area contributed by atoms with Crippen molar-refractivity contribution in [3.8, 4) is 5.75 Å². The maximum atomic E-state index is 5.64. The van der Waals surface area contributed by atoms with Crippen LogP contribution in [-0.4, -0.2) is 17.6 Å². The molecule has 1 aromatic heterocycles. The Bertz CT molecular complexity index is 321. The van der Waals surface area contributed by atoms with Gasteiger partial charge in [0.05, 0.1) is 12.8 Å². The van der Waals surface area contributed by atoms with E-state index in [0.29, 0.717) is 6.61 Å². The van der Waals surface area contributed by atoms with Gasteiger partial charge in [0.1, 0.15) is 5.75 Å². The van der Waals surface area contributed by atoms with Crippen molar-refractivity contribution in [2.24, 2.45) is 5.73 Å². The molecule has 0 spiro atoms. The third-order valence-electron chi connectivity index (χ3n) is 1.86. The summed E-state index contributed by atoms with van der Waals surface area (Å²) in [5, 5.41) is 0. The maximum absolute atomic E-state index is 5.64. The first-order chi connectivity index (χ1) is 7.22. The molecule has 0 radical (unpaired) electrons. The minimum Gasteiger partial charge on any atom is -0.492 e. The van der Waals surface area contributed by atoms with Gasteiger partial charge in [0, 0.05) is 12.2 Å². The molecule has 0 fully saturated rings. The molecule has 82 valence electrons. The van der Waals surface area contributed by atoms with Crippen LogP contribution in [0.1, 0.15) is 25.8 Å². The van der Waals surface area contributed by atoms with Crippen molar-refractivity contribution >= 4 is 6.08 Å². The molecule has 0 aliphatic heterocycles. The summed E-state index contributed by atoms with van der Waals surface area (Å²) in [5.74, 6) is 0.806. The van der Waals surface area contributed by atoms with Gasteiger partial charge in [-0.25, -0.2) is 0 Å². The standard InChI is InChI=1S/C12H18N2O/c1-3-15-12-7-11(8-14-9-12)6-4-5-10(2)13/h4,6-10H,3,5,13H2,1-2H3/b6-4+/t10-/m0/s1. The molecule has 1 aromatic rings. The van der Waals surface area contributed by atoms with Crippen LogP contribution in [0.4, 0.5) is 0 Å². The monoisotopic (exact) mass is 206 g/mol. The van der Waals surface area contributed by atoms with Crippen molar-refractivity contribution in [2.75, 3.05) is 6.61 Å². The zero-order valence-corrected chi connectivity index (χ0v) is 9.31. The van der Waals surface area contributed by atoms with E-state index in [4.69, 9.17) is 10.5 Å². The molecule has 1 rings (SSSR count). The number of nitrogens with two attached hydrogens (primary N) is 1. The summed E-state index contributed by atoms with van der Waals surface area (Å²) in [5.41, 5.74) is 6.69. The average molecular weight is 206 g/mol. The summed E-state index contributed by atoms with van der Waals surface area (Å²) < 4.78 is 5.35. The summed E-state index contributed by atoms with van der Waals surface area (Å²) in [7, 11) is 0. The Morgan fingerprint density at radius 3 is 3.00 bits per heavy atom. The van der Waals surface area contributed by atoms with Crippen LogP contribution in [0.25, 0.3) is 6.08 Å². The fourth-order valence-electron chi connectivity index (χ4n) is 1.19. The summed E-state index contributed by atoms with van der Waals surface area (Å²) in [4.78, 5) is 4.09. The summed E-state index contributed by atoms with van der Waals surface area (Å²) in [6.07, 6.45) is 8.46. The summed E-state index contributed by atoms with van der Waals surface area (Å²) in [6, 6.07) is 2.16. The molecule has 1 heterocycles. The largest absolute Gasteiger partial charge is 0.492 e. The molecule has 3 heteroatoms. The first-order valence-corrected chi connectivity index (χ1v) is 5.22. The van der Waals surface area contributed by atoms with E-state index < -0.39 is 0 Å². The van der Waals surface area contributed by atoms with Crippen molar-refractivity contribution in [2.45, 2.75) is 26.3 Å². The van der Waals surface area contributed by atoms with Crippen LogP contribution in [0, 0.1) is 0 Å². The van der Waals surface area contributed by atoms with E-state index in [1.165, 1.54) is 0 Å². The summed E-state index contributed by atoms with van der Waals surface area (Å²) >= 11 is 0. The Morgan fingerprint density at radius 2 is 2.33 bits per heavy atom. The smallest absolute Gasteiger partial charge is 0.138 e. The molecule has 1 atom stereocenters. The van der Waals surface area contributed by atoms with Crippen molar-refractivity contribution in [3.05, 3.63) is 30.1 Å². The number of pyridine rings is 1. The van der Waals surface area contributed by atoms with E-state index >= 15 is 0 Å². The van der Waals surface area contributed by atoms with Crippen LogP contribution in [0.15, 0.2) is 24.5 Å². The summed E-state index contributed by atoms with van der Waals surface area (Å²) in [6.45, 7) is 4.60. The lowest BCUT2D eigenvalue weighted by Crippen LogP contribution is -2.12. The van der Waals surface area contributed by atoms with E-state index in [0.717, 1.165) is 17.7 Å². The second kappa shape index (κ2) is 6.19. The van der Waals surface area contributed by atoms with Crippen LogP contribution in [0.2, 0.25) is 0 Å². The van der Waals surface area contributed by atoms with Gasteiger partial charge in [0.15, 0.2) is 0 Å². The number of rotatable bonds is 5. The highest BCUT2D eigenvalue weighted by molar-refractivity contribution is 5.49. The Balaban J connectivity index is 2.60. The highest BCUT2D eigenvalue weighted by Gasteiger charge is 1.94. The number of nitrogens with zero attached hydrogens (tertiary/aromatic N) is 1. The van der Waals surface area contributed by atoms with E-state index in [9.17, 15) is 0 Å². The molecule has 0 bridgehead atoms. The Hall–Kier alpha value is -1.35. The second-order valence-corrected chi connectivity index (χ2v) is 3.50. The number of hydrogen-bond donors (Lipinski definition) is 1. The minimum atomic E-state index is 0.198. The van der Waals surface area contributed by atoms with Crippen molar-refractivity contribution in [1.29, 1.82) is 0 Å². The highest BCUT2D eigenvalue weighted by atomic mass is 16.5. The lowest BCUT2D eigenvalue weighted by atomic mass is 10.2. The quantitative estimate of drug-likeness (QED) is 0.803. The van der Waals surface area contributed by atoms with Gasteiger partial charge in [0.25, 0.3) is 0 Å². The highest BCUT2D eigenvalue weighted by Crippen LogP contribution is 2.12. The molecule has 0 unspecified atom stereocenters. The van der Waals surface area contributed by atoms with Gasteiger partial charge >= 0.3 is 0 Å².